The molecule has 126 valence electrons. The number of hydrogen-bond acceptors (Lipinski definition) is 4. The second kappa shape index (κ2) is 7.07. The van der Waals surface area contributed by atoms with Crippen molar-refractivity contribution in [3.63, 3.8) is 0 Å². The van der Waals surface area contributed by atoms with Crippen LogP contribution in [0.3, 0.4) is 0 Å². The lowest BCUT2D eigenvalue weighted by atomic mass is 10.2. The minimum atomic E-state index is -3.07. The van der Waals surface area contributed by atoms with Crippen molar-refractivity contribution in [1.29, 1.82) is 0 Å². The van der Waals surface area contributed by atoms with E-state index in [9.17, 15) is 18.0 Å². The highest BCUT2D eigenvalue weighted by molar-refractivity contribution is 7.91. The zero-order chi connectivity index (χ0) is 17.2. The standard InChI is InChI=1S/C14H16Cl2N2O4S/c1-18(10-4-5-23(21,22)8-10)13(19)7-17-14(20)9-2-3-11(15)12(16)6-9/h2-3,6,10H,4-5,7-8H2,1H3,(H,17,20). The number of amides is 2. The number of rotatable bonds is 4. The van der Waals surface area contributed by atoms with E-state index in [0.29, 0.717) is 17.0 Å². The van der Waals surface area contributed by atoms with E-state index in [4.69, 9.17) is 23.2 Å². The summed E-state index contributed by atoms with van der Waals surface area (Å²) in [4.78, 5) is 25.4. The van der Waals surface area contributed by atoms with Crippen LogP contribution in [0.1, 0.15) is 16.8 Å². The molecule has 1 aliphatic rings. The van der Waals surface area contributed by atoms with Crippen molar-refractivity contribution >= 4 is 44.9 Å². The number of likely N-dealkylation sites (N-methyl/N-ethyl adjacent to an activating group) is 1. The van der Waals surface area contributed by atoms with Crippen LogP contribution in [0.4, 0.5) is 0 Å². The van der Waals surface area contributed by atoms with E-state index in [2.05, 4.69) is 5.32 Å². The normalized spacial score (nSPS) is 19.3. The molecule has 1 aliphatic heterocycles. The third-order valence-corrected chi connectivity index (χ3v) is 6.22. The van der Waals surface area contributed by atoms with E-state index in [1.54, 1.807) is 7.05 Å². The minimum Gasteiger partial charge on any atom is -0.343 e. The van der Waals surface area contributed by atoms with Crippen molar-refractivity contribution in [3.05, 3.63) is 33.8 Å². The van der Waals surface area contributed by atoms with Crippen LogP contribution in [-0.2, 0) is 14.6 Å². The van der Waals surface area contributed by atoms with Crippen molar-refractivity contribution in [1.82, 2.24) is 10.2 Å². The lowest BCUT2D eigenvalue weighted by Gasteiger charge is -2.23. The van der Waals surface area contributed by atoms with E-state index in [0.717, 1.165) is 0 Å². The number of halogens is 2. The molecular weight excluding hydrogens is 363 g/mol. The van der Waals surface area contributed by atoms with Gasteiger partial charge >= 0.3 is 0 Å². The summed E-state index contributed by atoms with van der Waals surface area (Å²) in [6, 6.07) is 4.07. The number of carbonyl (C=O) groups excluding carboxylic acids is 2. The fraction of sp³-hybridized carbons (Fsp3) is 0.429. The smallest absolute Gasteiger partial charge is 0.251 e. The summed E-state index contributed by atoms with van der Waals surface area (Å²) < 4.78 is 22.9. The van der Waals surface area contributed by atoms with Crippen molar-refractivity contribution in [2.24, 2.45) is 0 Å². The van der Waals surface area contributed by atoms with Gasteiger partial charge in [-0.05, 0) is 24.6 Å². The largest absolute Gasteiger partial charge is 0.343 e. The van der Waals surface area contributed by atoms with Crippen molar-refractivity contribution in [2.45, 2.75) is 12.5 Å². The van der Waals surface area contributed by atoms with Gasteiger partial charge in [-0.3, -0.25) is 9.59 Å². The van der Waals surface area contributed by atoms with E-state index < -0.39 is 15.7 Å². The van der Waals surface area contributed by atoms with Gasteiger partial charge in [-0.15, -0.1) is 0 Å². The summed E-state index contributed by atoms with van der Waals surface area (Å²) in [7, 11) is -1.52. The maximum absolute atomic E-state index is 12.1. The summed E-state index contributed by atoms with van der Waals surface area (Å²) in [6.07, 6.45) is 0.422. The zero-order valence-corrected chi connectivity index (χ0v) is 14.7. The van der Waals surface area contributed by atoms with Gasteiger partial charge in [0.1, 0.15) is 0 Å². The van der Waals surface area contributed by atoms with Gasteiger partial charge < -0.3 is 10.2 Å². The lowest BCUT2D eigenvalue weighted by molar-refractivity contribution is -0.130. The Hall–Kier alpha value is -1.31. The van der Waals surface area contributed by atoms with Gasteiger partial charge in [-0.2, -0.15) is 0 Å². The Labute approximate surface area is 144 Å². The second-order valence-electron chi connectivity index (χ2n) is 5.37. The molecule has 1 N–H and O–H groups in total. The highest BCUT2D eigenvalue weighted by Gasteiger charge is 2.32. The van der Waals surface area contributed by atoms with Gasteiger partial charge in [0, 0.05) is 18.7 Å². The number of benzene rings is 1. The molecular formula is C14H16Cl2N2O4S. The Morgan fingerprint density at radius 2 is 2.00 bits per heavy atom. The second-order valence-corrected chi connectivity index (χ2v) is 8.42. The Bertz CT molecular complexity index is 736. The van der Waals surface area contributed by atoms with Crippen LogP contribution in [0.25, 0.3) is 0 Å². The Morgan fingerprint density at radius 1 is 1.30 bits per heavy atom. The van der Waals surface area contributed by atoms with Gasteiger partial charge in [0.25, 0.3) is 5.91 Å². The molecule has 1 atom stereocenters. The monoisotopic (exact) mass is 378 g/mol. The molecule has 0 radical (unpaired) electrons. The first kappa shape index (κ1) is 18.0. The van der Waals surface area contributed by atoms with E-state index >= 15 is 0 Å². The zero-order valence-electron chi connectivity index (χ0n) is 12.4. The predicted molar refractivity (Wildman–Crippen MR) is 88.6 cm³/mol. The minimum absolute atomic E-state index is 0.0318. The van der Waals surface area contributed by atoms with Gasteiger partial charge in [0.15, 0.2) is 9.84 Å². The van der Waals surface area contributed by atoms with E-state index in [1.807, 2.05) is 0 Å². The SMILES string of the molecule is CN(C(=O)CNC(=O)c1ccc(Cl)c(Cl)c1)C1CCS(=O)(=O)C1. The first-order chi connectivity index (χ1) is 10.7. The van der Waals surface area contributed by atoms with Crippen LogP contribution < -0.4 is 5.32 Å². The summed E-state index contributed by atoms with van der Waals surface area (Å²) in [6.45, 7) is -0.216. The molecule has 2 amide bonds. The van der Waals surface area contributed by atoms with Gasteiger partial charge in [-0.1, -0.05) is 23.2 Å². The summed E-state index contributed by atoms with van der Waals surface area (Å²) in [5.41, 5.74) is 0.290. The van der Waals surface area contributed by atoms with Crippen LogP contribution >= 0.6 is 23.2 Å². The fourth-order valence-corrected chi connectivity index (χ4v) is 4.38. The number of nitrogens with zero attached hydrogens (tertiary/aromatic N) is 1. The van der Waals surface area contributed by atoms with Crippen molar-refractivity contribution in [2.75, 3.05) is 25.1 Å². The fourth-order valence-electron chi connectivity index (χ4n) is 2.30. The average molecular weight is 379 g/mol. The molecule has 0 spiro atoms. The first-order valence-electron chi connectivity index (χ1n) is 6.89. The highest BCUT2D eigenvalue weighted by Crippen LogP contribution is 2.22. The molecule has 1 heterocycles. The Morgan fingerprint density at radius 3 is 2.57 bits per heavy atom. The topological polar surface area (TPSA) is 83.6 Å². The number of hydrogen-bond donors (Lipinski definition) is 1. The third kappa shape index (κ3) is 4.59. The molecule has 9 heteroatoms. The van der Waals surface area contributed by atoms with E-state index in [1.165, 1.54) is 23.1 Å². The molecule has 1 fully saturated rings. The highest BCUT2D eigenvalue weighted by atomic mass is 35.5. The van der Waals surface area contributed by atoms with Gasteiger partial charge in [0.2, 0.25) is 5.91 Å². The van der Waals surface area contributed by atoms with Crippen LogP contribution in [0.15, 0.2) is 18.2 Å². The lowest BCUT2D eigenvalue weighted by Crippen LogP contribution is -2.43. The van der Waals surface area contributed by atoms with Crippen LogP contribution in [0.2, 0.25) is 10.0 Å². The predicted octanol–water partition coefficient (Wildman–Crippen LogP) is 1.37. The summed E-state index contributed by atoms with van der Waals surface area (Å²) in [5.74, 6) is -0.745. The molecule has 6 nitrogen and oxygen atoms in total. The molecule has 1 unspecified atom stereocenters. The molecule has 1 aromatic carbocycles. The summed E-state index contributed by atoms with van der Waals surface area (Å²) >= 11 is 11.6. The molecule has 0 aromatic heterocycles. The quantitative estimate of drug-likeness (QED) is 0.857. The van der Waals surface area contributed by atoms with Crippen molar-refractivity contribution in [3.8, 4) is 0 Å². The van der Waals surface area contributed by atoms with Crippen molar-refractivity contribution < 1.29 is 18.0 Å². The maximum Gasteiger partial charge on any atom is 0.251 e. The third-order valence-electron chi connectivity index (χ3n) is 3.73. The molecule has 2 rings (SSSR count). The van der Waals surface area contributed by atoms with Gasteiger partial charge in [-0.25, -0.2) is 8.42 Å². The molecule has 0 saturated carbocycles. The van der Waals surface area contributed by atoms with Crippen LogP contribution in [0.5, 0.6) is 0 Å². The molecule has 23 heavy (non-hydrogen) atoms. The molecule has 1 saturated heterocycles. The van der Waals surface area contributed by atoms with E-state index in [-0.39, 0.29) is 35.0 Å². The summed E-state index contributed by atoms with van der Waals surface area (Å²) in [5, 5.41) is 3.07. The number of nitrogens with one attached hydrogen (secondary N) is 1. The van der Waals surface area contributed by atoms with Gasteiger partial charge in [0.05, 0.1) is 28.1 Å². The first-order valence-corrected chi connectivity index (χ1v) is 9.46. The Balaban J connectivity index is 1.91. The Kier molecular flexibility index (Phi) is 5.54. The molecule has 1 aromatic rings. The molecule has 0 bridgehead atoms. The average Bonchev–Trinajstić information content (AvgIpc) is 2.86. The van der Waals surface area contributed by atoms with Crippen LogP contribution in [-0.4, -0.2) is 56.3 Å². The van der Waals surface area contributed by atoms with Crippen LogP contribution in [0, 0.1) is 0 Å². The molecule has 0 aliphatic carbocycles. The maximum atomic E-state index is 12.1. The number of carbonyl (C=O) groups is 2. The number of sulfone groups is 1.